The molecule has 0 atom stereocenters. The number of hydrogen-bond acceptors (Lipinski definition) is 5. The Hall–Kier alpha value is -0.470. The molecule has 1 saturated heterocycles. The quantitative estimate of drug-likeness (QED) is 0.788. The second-order valence-electron chi connectivity index (χ2n) is 5.77. The molecule has 1 aliphatic rings. The third-order valence-electron chi connectivity index (χ3n) is 3.72. The summed E-state index contributed by atoms with van der Waals surface area (Å²) in [6.07, 6.45) is 1.13. The Bertz CT molecular complexity index is 546. The molecule has 0 saturated carbocycles. The summed E-state index contributed by atoms with van der Waals surface area (Å²) in [6, 6.07) is 3.59. The molecule has 0 amide bonds. The molecule has 21 heavy (non-hydrogen) atoms. The fourth-order valence-electron chi connectivity index (χ4n) is 2.48. The van der Waals surface area contributed by atoms with Gasteiger partial charge in [-0.2, -0.15) is 4.31 Å². The lowest BCUT2D eigenvalue weighted by atomic mass is 10.3. The molecule has 120 valence electrons. The van der Waals surface area contributed by atoms with Crippen molar-refractivity contribution in [1.82, 2.24) is 14.1 Å². The highest BCUT2D eigenvalue weighted by atomic mass is 32.2. The van der Waals surface area contributed by atoms with E-state index in [9.17, 15) is 8.42 Å². The molecule has 0 aromatic carbocycles. The van der Waals surface area contributed by atoms with Crippen LogP contribution in [0.3, 0.4) is 0 Å². The van der Waals surface area contributed by atoms with E-state index in [2.05, 4.69) is 23.9 Å². The number of thiophene rings is 1. The van der Waals surface area contributed by atoms with Crippen molar-refractivity contribution in [3.63, 3.8) is 0 Å². The van der Waals surface area contributed by atoms with E-state index in [1.54, 1.807) is 10.4 Å². The Morgan fingerprint density at radius 3 is 2.38 bits per heavy atom. The van der Waals surface area contributed by atoms with Crippen LogP contribution in [-0.2, 0) is 10.0 Å². The van der Waals surface area contributed by atoms with Gasteiger partial charge in [-0.05, 0) is 52.7 Å². The Morgan fingerprint density at radius 2 is 1.86 bits per heavy atom. The normalized spacial score (nSPS) is 18.5. The molecule has 2 heterocycles. The third kappa shape index (κ3) is 4.50. The standard InChI is InChI=1S/C14H25N3O2S2/c1-13-5-6-14(20-13)21(18,19)17-11-9-16(10-12-17)8-4-7-15(2)3/h5-6H,4,7-12H2,1-3H3. The van der Waals surface area contributed by atoms with Crippen molar-refractivity contribution in [2.24, 2.45) is 0 Å². The van der Waals surface area contributed by atoms with Crippen LogP contribution in [0.4, 0.5) is 0 Å². The average molecular weight is 332 g/mol. The first-order valence-electron chi connectivity index (χ1n) is 7.33. The minimum absolute atomic E-state index is 0.473. The molecule has 0 unspecified atom stereocenters. The van der Waals surface area contributed by atoms with E-state index in [0.29, 0.717) is 17.3 Å². The largest absolute Gasteiger partial charge is 0.309 e. The van der Waals surface area contributed by atoms with Crippen LogP contribution >= 0.6 is 11.3 Å². The molecule has 2 rings (SSSR count). The average Bonchev–Trinajstić information content (AvgIpc) is 2.86. The van der Waals surface area contributed by atoms with Gasteiger partial charge in [-0.15, -0.1) is 11.3 Å². The fraction of sp³-hybridized carbons (Fsp3) is 0.714. The first-order valence-corrected chi connectivity index (χ1v) is 9.59. The molecule has 1 fully saturated rings. The first-order chi connectivity index (χ1) is 9.89. The van der Waals surface area contributed by atoms with Crippen LogP contribution in [0.5, 0.6) is 0 Å². The number of hydrogen-bond donors (Lipinski definition) is 0. The summed E-state index contributed by atoms with van der Waals surface area (Å²) in [6.45, 7) is 6.92. The molecule has 0 N–H and O–H groups in total. The highest BCUT2D eigenvalue weighted by Crippen LogP contribution is 2.25. The predicted molar refractivity (Wildman–Crippen MR) is 87.4 cm³/mol. The van der Waals surface area contributed by atoms with E-state index in [-0.39, 0.29) is 0 Å². The summed E-state index contributed by atoms with van der Waals surface area (Å²) >= 11 is 1.36. The molecule has 0 bridgehead atoms. The van der Waals surface area contributed by atoms with Gasteiger partial charge in [-0.25, -0.2) is 8.42 Å². The molecule has 0 aliphatic carbocycles. The van der Waals surface area contributed by atoms with Crippen LogP contribution in [0.1, 0.15) is 11.3 Å². The molecule has 1 aliphatic heterocycles. The second kappa shape index (κ2) is 7.19. The highest BCUT2D eigenvalue weighted by molar-refractivity contribution is 7.91. The summed E-state index contributed by atoms with van der Waals surface area (Å²) in [7, 11) is 0.872. The van der Waals surface area contributed by atoms with Crippen molar-refractivity contribution < 1.29 is 8.42 Å². The van der Waals surface area contributed by atoms with Crippen molar-refractivity contribution in [1.29, 1.82) is 0 Å². The van der Waals surface area contributed by atoms with Crippen molar-refractivity contribution >= 4 is 21.4 Å². The van der Waals surface area contributed by atoms with Crippen molar-refractivity contribution in [2.45, 2.75) is 17.6 Å². The van der Waals surface area contributed by atoms with Crippen molar-refractivity contribution in [2.75, 3.05) is 53.4 Å². The van der Waals surface area contributed by atoms with Gasteiger partial charge >= 0.3 is 0 Å². The van der Waals surface area contributed by atoms with Crippen LogP contribution in [0.15, 0.2) is 16.3 Å². The van der Waals surface area contributed by atoms with Gasteiger partial charge in [-0.1, -0.05) is 0 Å². The van der Waals surface area contributed by atoms with Gasteiger partial charge in [0.05, 0.1) is 0 Å². The summed E-state index contributed by atoms with van der Waals surface area (Å²) in [5, 5.41) is 0. The van der Waals surface area contributed by atoms with Gasteiger partial charge in [-0.3, -0.25) is 0 Å². The third-order valence-corrected chi connectivity index (χ3v) is 7.09. The van der Waals surface area contributed by atoms with Crippen molar-refractivity contribution in [3.05, 3.63) is 17.0 Å². The van der Waals surface area contributed by atoms with Gasteiger partial charge in [0.25, 0.3) is 10.0 Å². The molecular weight excluding hydrogens is 306 g/mol. The monoisotopic (exact) mass is 331 g/mol. The van der Waals surface area contributed by atoms with Gasteiger partial charge in [0, 0.05) is 31.1 Å². The van der Waals surface area contributed by atoms with E-state index in [1.807, 2.05) is 13.0 Å². The van der Waals surface area contributed by atoms with Crippen LogP contribution in [0.2, 0.25) is 0 Å². The van der Waals surface area contributed by atoms with Gasteiger partial charge in [0.1, 0.15) is 4.21 Å². The zero-order valence-corrected chi connectivity index (χ0v) is 14.7. The van der Waals surface area contributed by atoms with E-state index in [1.165, 1.54) is 11.3 Å². The summed E-state index contributed by atoms with van der Waals surface area (Å²) in [5.41, 5.74) is 0. The molecule has 1 aromatic rings. The van der Waals surface area contributed by atoms with Crippen LogP contribution in [0.25, 0.3) is 0 Å². The maximum absolute atomic E-state index is 12.5. The van der Waals surface area contributed by atoms with Crippen molar-refractivity contribution in [3.8, 4) is 0 Å². The Balaban J connectivity index is 1.86. The Labute approximate surface area is 132 Å². The Kier molecular flexibility index (Phi) is 5.79. The van der Waals surface area contributed by atoms with Crippen LogP contribution in [0, 0.1) is 6.92 Å². The van der Waals surface area contributed by atoms with E-state index in [4.69, 9.17) is 0 Å². The van der Waals surface area contributed by atoms with Gasteiger partial charge in [0.2, 0.25) is 0 Å². The first kappa shape index (κ1) is 16.9. The summed E-state index contributed by atoms with van der Waals surface area (Å²) < 4.78 is 27.1. The number of sulfonamides is 1. The molecule has 0 radical (unpaired) electrons. The smallest absolute Gasteiger partial charge is 0.252 e. The van der Waals surface area contributed by atoms with E-state index in [0.717, 1.165) is 37.5 Å². The lowest BCUT2D eigenvalue weighted by Gasteiger charge is -2.33. The van der Waals surface area contributed by atoms with Crippen LogP contribution in [-0.4, -0.2) is 75.9 Å². The summed E-state index contributed by atoms with van der Waals surface area (Å²) in [5.74, 6) is 0. The molecule has 0 spiro atoms. The predicted octanol–water partition coefficient (Wildman–Crippen LogP) is 1.31. The number of nitrogens with zero attached hydrogens (tertiary/aromatic N) is 3. The second-order valence-corrected chi connectivity index (χ2v) is 9.22. The molecule has 1 aromatic heterocycles. The van der Waals surface area contributed by atoms with E-state index < -0.39 is 10.0 Å². The lowest BCUT2D eigenvalue weighted by molar-refractivity contribution is 0.181. The fourth-order valence-corrected chi connectivity index (χ4v) is 5.34. The molecular formula is C14H25N3O2S2. The van der Waals surface area contributed by atoms with Crippen LogP contribution < -0.4 is 0 Å². The SMILES string of the molecule is Cc1ccc(S(=O)(=O)N2CCN(CCCN(C)C)CC2)s1. The number of piperazine rings is 1. The minimum atomic E-state index is -3.28. The minimum Gasteiger partial charge on any atom is -0.309 e. The molecule has 5 nitrogen and oxygen atoms in total. The maximum atomic E-state index is 12.5. The topological polar surface area (TPSA) is 43.9 Å². The zero-order valence-electron chi connectivity index (χ0n) is 13.1. The van der Waals surface area contributed by atoms with Gasteiger partial charge in [0.15, 0.2) is 0 Å². The van der Waals surface area contributed by atoms with E-state index >= 15 is 0 Å². The number of rotatable bonds is 6. The Morgan fingerprint density at radius 1 is 1.19 bits per heavy atom. The zero-order chi connectivity index (χ0) is 15.5. The maximum Gasteiger partial charge on any atom is 0.252 e. The summed E-state index contributed by atoms with van der Waals surface area (Å²) in [4.78, 5) is 5.57. The highest BCUT2D eigenvalue weighted by Gasteiger charge is 2.29. The van der Waals surface area contributed by atoms with Gasteiger partial charge < -0.3 is 9.80 Å². The number of aryl methyl sites for hydroxylation is 1. The lowest BCUT2D eigenvalue weighted by Crippen LogP contribution is -2.48. The molecule has 7 heteroatoms.